The summed E-state index contributed by atoms with van der Waals surface area (Å²) in [6, 6.07) is 0. The third-order valence-electron chi connectivity index (χ3n) is 0.684. The van der Waals surface area contributed by atoms with Gasteiger partial charge < -0.3 is 4.84 Å². The molecule has 57 valence electrons. The topological polar surface area (TPSA) is 21.7 Å². The molecule has 0 N–H and O–H groups in total. The van der Waals surface area contributed by atoms with Crippen molar-refractivity contribution in [2.75, 3.05) is 6.54 Å². The minimum absolute atomic E-state index is 0.0699. The van der Waals surface area contributed by atoms with Crippen LogP contribution in [0.5, 0.6) is 0 Å². The lowest BCUT2D eigenvalue weighted by Gasteiger charge is -2.13. The molecule has 6 heteroatoms. The fourth-order valence-electron chi connectivity index (χ4n) is 0.416. The van der Waals surface area contributed by atoms with E-state index in [9.17, 15) is 13.2 Å². The van der Waals surface area contributed by atoms with E-state index in [-0.39, 0.29) is 11.8 Å². The highest BCUT2D eigenvalue weighted by Gasteiger charge is 2.34. The molecule has 1 aliphatic heterocycles. The van der Waals surface area contributed by atoms with Crippen LogP contribution in [0.1, 0.15) is 0 Å². The minimum Gasteiger partial charge on any atom is -0.376 e. The molecule has 1 radical (unpaired) electrons. The Kier molecular flexibility index (Phi) is 1.82. The number of nitrogens with zero attached hydrogens (tertiary/aromatic N) is 1. The standard InChI is InChI=1S/C4H3F3NO2/c5-4(6,7)10-8-2-1-3-9-8/h1H,2H2. The van der Waals surface area contributed by atoms with Crippen molar-refractivity contribution in [2.45, 2.75) is 6.36 Å². The molecular weight excluding hydrogens is 151 g/mol. The van der Waals surface area contributed by atoms with Crippen LogP contribution in [0.25, 0.3) is 0 Å². The van der Waals surface area contributed by atoms with Gasteiger partial charge in [0.1, 0.15) is 0 Å². The Morgan fingerprint density at radius 1 is 1.60 bits per heavy atom. The van der Waals surface area contributed by atoms with E-state index in [0.717, 1.165) is 0 Å². The van der Waals surface area contributed by atoms with Gasteiger partial charge in [-0.15, -0.1) is 13.2 Å². The van der Waals surface area contributed by atoms with E-state index < -0.39 is 6.36 Å². The molecule has 1 aliphatic rings. The van der Waals surface area contributed by atoms with Crippen molar-refractivity contribution in [1.82, 2.24) is 5.23 Å². The first-order chi connectivity index (χ1) is 4.58. The van der Waals surface area contributed by atoms with Gasteiger partial charge in [-0.3, -0.25) is 0 Å². The lowest BCUT2D eigenvalue weighted by Crippen LogP contribution is -2.28. The molecule has 1 rings (SSSR count). The maximum absolute atomic E-state index is 11.3. The Balaban J connectivity index is 2.26. The number of rotatable bonds is 1. The zero-order valence-electron chi connectivity index (χ0n) is 4.68. The van der Waals surface area contributed by atoms with Crippen molar-refractivity contribution in [2.24, 2.45) is 0 Å². The van der Waals surface area contributed by atoms with Gasteiger partial charge in [0.25, 0.3) is 0 Å². The molecular formula is C4H3F3NO2. The van der Waals surface area contributed by atoms with E-state index >= 15 is 0 Å². The normalized spacial score (nSPS) is 19.5. The van der Waals surface area contributed by atoms with E-state index in [1.807, 2.05) is 0 Å². The summed E-state index contributed by atoms with van der Waals surface area (Å²) in [4.78, 5) is 7.43. The highest BCUT2D eigenvalue weighted by atomic mass is 19.4. The number of hydroxylamine groups is 2. The van der Waals surface area contributed by atoms with Gasteiger partial charge >= 0.3 is 6.36 Å². The SMILES string of the molecule is FC(F)(F)ON1CC=[C]O1. The van der Waals surface area contributed by atoms with Gasteiger partial charge in [-0.05, 0) is 11.3 Å². The molecule has 0 atom stereocenters. The number of alkyl halides is 3. The molecule has 0 bridgehead atoms. The highest BCUT2D eigenvalue weighted by molar-refractivity contribution is 4.72. The molecule has 0 saturated heterocycles. The second-order valence-electron chi connectivity index (χ2n) is 1.47. The Hall–Kier alpha value is -0.750. The largest absolute Gasteiger partial charge is 0.541 e. The van der Waals surface area contributed by atoms with E-state index in [1.165, 1.54) is 6.08 Å². The molecule has 0 aromatic heterocycles. The summed E-state index contributed by atoms with van der Waals surface area (Å²) < 4.78 is 34.0. The molecule has 0 unspecified atom stereocenters. The van der Waals surface area contributed by atoms with Gasteiger partial charge in [-0.2, -0.15) is 4.84 Å². The number of hydrogen-bond acceptors (Lipinski definition) is 3. The van der Waals surface area contributed by atoms with Crippen LogP contribution in [-0.2, 0) is 9.68 Å². The summed E-state index contributed by atoms with van der Waals surface area (Å²) in [7, 11) is 0. The minimum atomic E-state index is -4.69. The summed E-state index contributed by atoms with van der Waals surface area (Å²) >= 11 is 0. The smallest absolute Gasteiger partial charge is 0.376 e. The first-order valence-electron chi connectivity index (χ1n) is 2.35. The summed E-state index contributed by atoms with van der Waals surface area (Å²) in [5, 5.41) is 0.278. The lowest BCUT2D eigenvalue weighted by atomic mass is 10.7. The molecule has 0 spiro atoms. The maximum atomic E-state index is 11.3. The molecule has 0 aromatic carbocycles. The molecule has 0 amide bonds. The zero-order chi connectivity index (χ0) is 7.61. The quantitative estimate of drug-likeness (QED) is 0.562. The van der Waals surface area contributed by atoms with Gasteiger partial charge in [0.2, 0.25) is 0 Å². The summed E-state index contributed by atoms with van der Waals surface area (Å²) in [5.74, 6) is 0. The Bertz CT molecular complexity index is 136. The van der Waals surface area contributed by atoms with Gasteiger partial charge in [0.05, 0.1) is 6.54 Å². The molecule has 0 aromatic rings. The maximum Gasteiger partial charge on any atom is 0.541 e. The van der Waals surface area contributed by atoms with Gasteiger partial charge in [-0.1, -0.05) is 0 Å². The van der Waals surface area contributed by atoms with Crippen LogP contribution < -0.4 is 0 Å². The molecule has 0 aliphatic carbocycles. The predicted molar refractivity (Wildman–Crippen MR) is 22.7 cm³/mol. The lowest BCUT2D eigenvalue weighted by molar-refractivity contribution is -0.479. The van der Waals surface area contributed by atoms with Crippen molar-refractivity contribution >= 4 is 0 Å². The van der Waals surface area contributed by atoms with Crippen molar-refractivity contribution in [3.63, 3.8) is 0 Å². The summed E-state index contributed by atoms with van der Waals surface area (Å²) in [5.41, 5.74) is 0. The monoisotopic (exact) mass is 154 g/mol. The van der Waals surface area contributed by atoms with Crippen LogP contribution in [0.15, 0.2) is 6.08 Å². The van der Waals surface area contributed by atoms with Crippen LogP contribution in [-0.4, -0.2) is 18.1 Å². The predicted octanol–water partition coefficient (Wildman–Crippen LogP) is 1.00. The molecule has 1 heterocycles. The average Bonchev–Trinajstić information content (AvgIpc) is 2.12. The second-order valence-corrected chi connectivity index (χ2v) is 1.47. The van der Waals surface area contributed by atoms with Crippen molar-refractivity contribution in [3.8, 4) is 0 Å². The van der Waals surface area contributed by atoms with Crippen LogP contribution in [0.2, 0.25) is 0 Å². The van der Waals surface area contributed by atoms with Gasteiger partial charge in [0.15, 0.2) is 6.26 Å². The van der Waals surface area contributed by atoms with Crippen LogP contribution >= 0.6 is 0 Å². The van der Waals surface area contributed by atoms with Crippen LogP contribution in [0.4, 0.5) is 13.2 Å². The van der Waals surface area contributed by atoms with Crippen molar-refractivity contribution in [3.05, 3.63) is 12.3 Å². The number of halogens is 3. The van der Waals surface area contributed by atoms with E-state index in [2.05, 4.69) is 15.9 Å². The van der Waals surface area contributed by atoms with Gasteiger partial charge in [-0.25, -0.2) is 0 Å². The first-order valence-corrected chi connectivity index (χ1v) is 2.35. The zero-order valence-corrected chi connectivity index (χ0v) is 4.68. The summed E-state index contributed by atoms with van der Waals surface area (Å²) in [6.07, 6.45) is -1.35. The van der Waals surface area contributed by atoms with E-state index in [0.29, 0.717) is 0 Å². The van der Waals surface area contributed by atoms with Crippen LogP contribution in [0.3, 0.4) is 0 Å². The fourth-order valence-corrected chi connectivity index (χ4v) is 0.416. The highest BCUT2D eigenvalue weighted by Crippen LogP contribution is 2.19. The Morgan fingerprint density at radius 3 is 2.70 bits per heavy atom. The molecule has 0 saturated carbocycles. The Labute approximate surface area is 54.5 Å². The molecule has 0 fully saturated rings. The third-order valence-corrected chi connectivity index (χ3v) is 0.684. The van der Waals surface area contributed by atoms with Crippen molar-refractivity contribution in [1.29, 1.82) is 0 Å². The second kappa shape index (κ2) is 2.47. The van der Waals surface area contributed by atoms with E-state index in [1.54, 1.807) is 0 Å². The average molecular weight is 154 g/mol. The molecule has 3 nitrogen and oxygen atoms in total. The first kappa shape index (κ1) is 7.36. The summed E-state index contributed by atoms with van der Waals surface area (Å²) in [6.45, 7) is -0.0699. The fraction of sp³-hybridized carbons (Fsp3) is 0.500. The third kappa shape index (κ3) is 2.24. The van der Waals surface area contributed by atoms with Crippen molar-refractivity contribution < 1.29 is 22.8 Å². The van der Waals surface area contributed by atoms with Crippen LogP contribution in [0, 0.1) is 6.26 Å². The van der Waals surface area contributed by atoms with E-state index in [4.69, 9.17) is 0 Å². The molecule has 10 heavy (non-hydrogen) atoms. The number of hydrogen-bond donors (Lipinski definition) is 0. The van der Waals surface area contributed by atoms with Gasteiger partial charge in [0, 0.05) is 0 Å². The Morgan fingerprint density at radius 2 is 2.30 bits per heavy atom.